The van der Waals surface area contributed by atoms with E-state index in [4.69, 9.17) is 4.74 Å². The topological polar surface area (TPSA) is 67.4 Å². The Bertz CT molecular complexity index is 849. The molecule has 0 radical (unpaired) electrons. The van der Waals surface area contributed by atoms with E-state index in [1.54, 1.807) is 21.0 Å². The Labute approximate surface area is 173 Å². The van der Waals surface area contributed by atoms with Gasteiger partial charge in [-0.15, -0.1) is 0 Å². The van der Waals surface area contributed by atoms with Gasteiger partial charge in [-0.25, -0.2) is 0 Å². The van der Waals surface area contributed by atoms with E-state index >= 15 is 0 Å². The molecule has 0 bridgehead atoms. The van der Waals surface area contributed by atoms with Crippen molar-refractivity contribution in [3.05, 3.63) is 59.7 Å². The number of ether oxygens (including phenoxy) is 1. The van der Waals surface area contributed by atoms with Crippen LogP contribution >= 0.6 is 0 Å². The van der Waals surface area contributed by atoms with E-state index in [2.05, 4.69) is 31.4 Å². The molecule has 0 fully saturated rings. The largest absolute Gasteiger partial charge is 0.497 e. The van der Waals surface area contributed by atoms with Crippen molar-refractivity contribution in [1.82, 2.24) is 5.32 Å². The molecule has 2 aromatic carbocycles. The first-order chi connectivity index (χ1) is 13.5. The van der Waals surface area contributed by atoms with E-state index in [1.165, 1.54) is 5.56 Å². The Balaban J connectivity index is 1.92. The fraction of sp³-hybridized carbons (Fsp3) is 0.417. The summed E-state index contributed by atoms with van der Waals surface area (Å²) in [5, 5.41) is 5.71. The van der Waals surface area contributed by atoms with Crippen molar-refractivity contribution in [2.45, 2.75) is 46.5 Å². The van der Waals surface area contributed by atoms with Crippen molar-refractivity contribution in [2.75, 3.05) is 19.0 Å². The number of amides is 2. The maximum Gasteiger partial charge on any atom is 0.239 e. The molecule has 29 heavy (non-hydrogen) atoms. The van der Waals surface area contributed by atoms with Gasteiger partial charge in [-0.05, 0) is 61.1 Å². The van der Waals surface area contributed by atoms with Crippen LogP contribution in [0.4, 0.5) is 5.69 Å². The minimum atomic E-state index is -1.18. The number of benzene rings is 2. The van der Waals surface area contributed by atoms with Crippen LogP contribution in [0.15, 0.2) is 48.5 Å². The molecule has 0 heterocycles. The fourth-order valence-electron chi connectivity index (χ4n) is 2.81. The fourth-order valence-corrected chi connectivity index (χ4v) is 2.81. The van der Waals surface area contributed by atoms with Gasteiger partial charge in [0.25, 0.3) is 0 Å². The van der Waals surface area contributed by atoms with Crippen LogP contribution in [-0.4, -0.2) is 25.5 Å². The van der Waals surface area contributed by atoms with Crippen molar-refractivity contribution in [3.63, 3.8) is 0 Å². The molecule has 5 nitrogen and oxygen atoms in total. The maximum atomic E-state index is 12.7. The van der Waals surface area contributed by atoms with Gasteiger partial charge in [0.1, 0.15) is 11.2 Å². The number of hydrogen-bond acceptors (Lipinski definition) is 3. The van der Waals surface area contributed by atoms with E-state index in [0.717, 1.165) is 11.3 Å². The molecule has 0 spiro atoms. The summed E-state index contributed by atoms with van der Waals surface area (Å²) in [5.41, 5.74) is 1.79. The lowest BCUT2D eigenvalue weighted by atomic mass is 9.87. The van der Waals surface area contributed by atoms with Gasteiger partial charge in [0, 0.05) is 12.2 Å². The molecule has 2 rings (SSSR count). The number of hydrogen-bond donors (Lipinski definition) is 2. The third-order valence-electron chi connectivity index (χ3n) is 4.98. The zero-order valence-electron chi connectivity index (χ0n) is 18.3. The van der Waals surface area contributed by atoms with Crippen LogP contribution in [0.2, 0.25) is 0 Å². The quantitative estimate of drug-likeness (QED) is 0.685. The lowest BCUT2D eigenvalue weighted by Crippen LogP contribution is -2.45. The molecule has 0 aliphatic heterocycles. The number of nitrogens with one attached hydrogen (secondary N) is 2. The normalized spacial score (nSPS) is 11.7. The van der Waals surface area contributed by atoms with Crippen molar-refractivity contribution < 1.29 is 14.3 Å². The van der Waals surface area contributed by atoms with Gasteiger partial charge in [-0.2, -0.15) is 0 Å². The van der Waals surface area contributed by atoms with E-state index in [-0.39, 0.29) is 17.2 Å². The van der Waals surface area contributed by atoms with Crippen LogP contribution in [0.25, 0.3) is 0 Å². The first-order valence-electron chi connectivity index (χ1n) is 9.87. The predicted molar refractivity (Wildman–Crippen MR) is 117 cm³/mol. The summed E-state index contributed by atoms with van der Waals surface area (Å²) in [6.45, 7) is 10.1. The Morgan fingerprint density at radius 1 is 0.931 bits per heavy atom. The van der Waals surface area contributed by atoms with E-state index < -0.39 is 5.41 Å². The summed E-state index contributed by atoms with van der Waals surface area (Å²) in [6, 6.07) is 15.4. The molecule has 2 N–H and O–H groups in total. The molecule has 156 valence electrons. The Morgan fingerprint density at radius 3 is 2.17 bits per heavy atom. The van der Waals surface area contributed by atoms with Gasteiger partial charge >= 0.3 is 0 Å². The highest BCUT2D eigenvalue weighted by Crippen LogP contribution is 2.25. The first-order valence-corrected chi connectivity index (χ1v) is 9.87. The highest BCUT2D eigenvalue weighted by molar-refractivity contribution is 6.09. The second-order valence-corrected chi connectivity index (χ2v) is 8.76. The SMILES string of the molecule is COc1cccc(CCNC(=O)C(C)(C)C(=O)Nc2ccc(C(C)(C)C)cc2)c1. The maximum absolute atomic E-state index is 12.7. The zero-order chi connectivity index (χ0) is 21.7. The average Bonchev–Trinajstić information content (AvgIpc) is 2.67. The molecule has 0 atom stereocenters. The lowest BCUT2D eigenvalue weighted by molar-refractivity contribution is -0.138. The van der Waals surface area contributed by atoms with Crippen LogP contribution in [0.3, 0.4) is 0 Å². The predicted octanol–water partition coefficient (Wildman–Crippen LogP) is 4.32. The van der Waals surface area contributed by atoms with Crippen LogP contribution in [-0.2, 0) is 21.4 Å². The van der Waals surface area contributed by atoms with E-state index in [1.807, 2.05) is 48.5 Å². The van der Waals surface area contributed by atoms with Crippen molar-refractivity contribution >= 4 is 17.5 Å². The van der Waals surface area contributed by atoms with E-state index in [0.29, 0.717) is 18.7 Å². The van der Waals surface area contributed by atoms with E-state index in [9.17, 15) is 9.59 Å². The minimum Gasteiger partial charge on any atom is -0.497 e. The van der Waals surface area contributed by atoms with Crippen LogP contribution < -0.4 is 15.4 Å². The number of anilines is 1. The zero-order valence-corrected chi connectivity index (χ0v) is 18.3. The first kappa shape index (κ1) is 22.5. The summed E-state index contributed by atoms with van der Waals surface area (Å²) >= 11 is 0. The molecule has 0 unspecified atom stereocenters. The second kappa shape index (κ2) is 9.12. The van der Waals surface area contributed by atoms with Crippen LogP contribution in [0.5, 0.6) is 5.75 Å². The minimum absolute atomic E-state index is 0.0461. The molecule has 0 aliphatic rings. The molecule has 0 saturated heterocycles. The molecule has 5 heteroatoms. The monoisotopic (exact) mass is 396 g/mol. The molecule has 0 aromatic heterocycles. The number of carbonyl (C=O) groups excluding carboxylic acids is 2. The summed E-state index contributed by atoms with van der Waals surface area (Å²) in [4.78, 5) is 25.3. The summed E-state index contributed by atoms with van der Waals surface area (Å²) < 4.78 is 5.21. The van der Waals surface area contributed by atoms with Crippen molar-refractivity contribution in [3.8, 4) is 5.75 Å². The number of methoxy groups -OCH3 is 1. The molecule has 2 aromatic rings. The molecule has 2 amide bonds. The number of carbonyl (C=O) groups is 2. The molecular formula is C24H32N2O3. The smallest absolute Gasteiger partial charge is 0.239 e. The summed E-state index contributed by atoms with van der Waals surface area (Å²) in [5.74, 6) is 0.148. The third-order valence-corrected chi connectivity index (χ3v) is 4.98. The summed E-state index contributed by atoms with van der Waals surface area (Å²) in [6.07, 6.45) is 0.662. The average molecular weight is 397 g/mol. The summed E-state index contributed by atoms with van der Waals surface area (Å²) in [7, 11) is 1.62. The van der Waals surface area contributed by atoms with Crippen LogP contribution in [0, 0.1) is 5.41 Å². The molecule has 0 saturated carbocycles. The molecular weight excluding hydrogens is 364 g/mol. The van der Waals surface area contributed by atoms with Crippen LogP contribution in [0.1, 0.15) is 45.7 Å². The van der Waals surface area contributed by atoms with Gasteiger partial charge in [-0.3, -0.25) is 9.59 Å². The Hall–Kier alpha value is -2.82. The highest BCUT2D eigenvalue weighted by atomic mass is 16.5. The number of rotatable bonds is 7. The van der Waals surface area contributed by atoms with Gasteiger partial charge in [-0.1, -0.05) is 45.0 Å². The van der Waals surface area contributed by atoms with Crippen molar-refractivity contribution in [1.29, 1.82) is 0 Å². The standard InChI is InChI=1S/C24H32N2O3/c1-23(2,3)18-10-12-19(13-11-18)26-22(28)24(4,5)21(27)25-15-14-17-8-7-9-20(16-17)29-6/h7-13,16H,14-15H2,1-6H3,(H,25,27)(H,26,28). The van der Waals surface area contributed by atoms with Crippen molar-refractivity contribution in [2.24, 2.45) is 5.41 Å². The van der Waals surface area contributed by atoms with Gasteiger partial charge < -0.3 is 15.4 Å². The van der Waals surface area contributed by atoms with Gasteiger partial charge in [0.2, 0.25) is 11.8 Å². The highest BCUT2D eigenvalue weighted by Gasteiger charge is 2.35. The van der Waals surface area contributed by atoms with Gasteiger partial charge in [0.05, 0.1) is 7.11 Å². The lowest BCUT2D eigenvalue weighted by Gasteiger charge is -2.23. The van der Waals surface area contributed by atoms with Gasteiger partial charge in [0.15, 0.2) is 0 Å². The Morgan fingerprint density at radius 2 is 1.59 bits per heavy atom. The third kappa shape index (κ3) is 6.08. The molecule has 0 aliphatic carbocycles. The Kier molecular flexibility index (Phi) is 7.07. The second-order valence-electron chi connectivity index (χ2n) is 8.76.